The molecule has 1 aromatic rings. The third-order valence-electron chi connectivity index (χ3n) is 3.88. The molecule has 0 aromatic heterocycles. The molecular weight excluding hydrogens is 229 g/mol. The number of benzene rings is 1. The Balaban J connectivity index is 2.16. The van der Waals surface area contributed by atoms with E-state index in [1.807, 2.05) is 0 Å². The fourth-order valence-corrected chi connectivity index (χ4v) is 2.57. The lowest BCUT2D eigenvalue weighted by molar-refractivity contribution is 0.281. The van der Waals surface area contributed by atoms with E-state index in [4.69, 9.17) is 5.11 Å². The summed E-state index contributed by atoms with van der Waals surface area (Å²) in [5.41, 5.74) is 1.66. The SMILES string of the molecule is CC1(C)CCCN(c2ccc(CO)cc2F)CC1. The summed E-state index contributed by atoms with van der Waals surface area (Å²) < 4.78 is 14.0. The van der Waals surface area contributed by atoms with Gasteiger partial charge in [-0.05, 0) is 42.4 Å². The molecule has 0 aliphatic carbocycles. The van der Waals surface area contributed by atoms with Crippen LogP contribution in [0.25, 0.3) is 0 Å². The number of nitrogens with zero attached hydrogens (tertiary/aromatic N) is 1. The highest BCUT2D eigenvalue weighted by Crippen LogP contribution is 2.32. The molecule has 0 amide bonds. The molecular formula is C15H22FNO. The molecule has 1 aliphatic heterocycles. The lowest BCUT2D eigenvalue weighted by Gasteiger charge is -2.25. The molecule has 0 atom stereocenters. The smallest absolute Gasteiger partial charge is 0.146 e. The van der Waals surface area contributed by atoms with Crippen molar-refractivity contribution in [1.82, 2.24) is 0 Å². The number of aliphatic hydroxyl groups is 1. The highest BCUT2D eigenvalue weighted by molar-refractivity contribution is 5.49. The van der Waals surface area contributed by atoms with Gasteiger partial charge in [0.1, 0.15) is 5.82 Å². The molecule has 3 heteroatoms. The Bertz CT molecular complexity index is 417. The van der Waals surface area contributed by atoms with Crippen LogP contribution in [0.2, 0.25) is 0 Å². The van der Waals surface area contributed by atoms with Crippen molar-refractivity contribution >= 4 is 5.69 Å². The maximum atomic E-state index is 14.0. The highest BCUT2D eigenvalue weighted by Gasteiger charge is 2.24. The predicted molar refractivity (Wildman–Crippen MR) is 72.2 cm³/mol. The first-order valence-corrected chi connectivity index (χ1v) is 6.66. The van der Waals surface area contributed by atoms with Gasteiger partial charge in [0.25, 0.3) is 0 Å². The van der Waals surface area contributed by atoms with Crippen molar-refractivity contribution in [2.24, 2.45) is 5.41 Å². The van der Waals surface area contributed by atoms with Crippen LogP contribution in [0, 0.1) is 11.2 Å². The maximum Gasteiger partial charge on any atom is 0.146 e. The van der Waals surface area contributed by atoms with Gasteiger partial charge >= 0.3 is 0 Å². The molecule has 2 nitrogen and oxygen atoms in total. The topological polar surface area (TPSA) is 23.5 Å². The standard InChI is InChI=1S/C15H22FNO/c1-15(2)6-3-8-17(9-7-15)14-5-4-12(11-18)10-13(14)16/h4-5,10,18H,3,6-9,11H2,1-2H3. The number of hydrogen-bond donors (Lipinski definition) is 1. The Morgan fingerprint density at radius 1 is 1.28 bits per heavy atom. The van der Waals surface area contributed by atoms with E-state index in [1.165, 1.54) is 12.5 Å². The molecule has 2 rings (SSSR count). The Labute approximate surface area is 108 Å². The van der Waals surface area contributed by atoms with Gasteiger partial charge in [-0.2, -0.15) is 0 Å². The second-order valence-electron chi connectivity index (χ2n) is 5.95. The van der Waals surface area contributed by atoms with Crippen molar-refractivity contribution in [2.45, 2.75) is 39.7 Å². The van der Waals surface area contributed by atoms with Crippen LogP contribution in [0.15, 0.2) is 18.2 Å². The Kier molecular flexibility index (Phi) is 3.91. The van der Waals surface area contributed by atoms with E-state index in [2.05, 4.69) is 18.7 Å². The third kappa shape index (κ3) is 3.02. The van der Waals surface area contributed by atoms with Crippen LogP contribution < -0.4 is 4.90 Å². The molecule has 0 bridgehead atoms. The summed E-state index contributed by atoms with van der Waals surface area (Å²) in [5.74, 6) is -0.221. The molecule has 100 valence electrons. The molecule has 1 fully saturated rings. The van der Waals surface area contributed by atoms with Gasteiger partial charge < -0.3 is 10.0 Å². The summed E-state index contributed by atoms with van der Waals surface area (Å²) >= 11 is 0. The molecule has 1 saturated heterocycles. The molecule has 1 heterocycles. The van der Waals surface area contributed by atoms with Gasteiger partial charge in [-0.3, -0.25) is 0 Å². The molecule has 0 saturated carbocycles. The van der Waals surface area contributed by atoms with Gasteiger partial charge in [-0.25, -0.2) is 4.39 Å². The minimum atomic E-state index is -0.221. The largest absolute Gasteiger partial charge is 0.392 e. The predicted octanol–water partition coefficient (Wildman–Crippen LogP) is 3.33. The summed E-state index contributed by atoms with van der Waals surface area (Å²) in [7, 11) is 0. The van der Waals surface area contributed by atoms with Crippen molar-refractivity contribution in [2.75, 3.05) is 18.0 Å². The van der Waals surface area contributed by atoms with Crippen LogP contribution in [0.1, 0.15) is 38.7 Å². The Morgan fingerprint density at radius 3 is 2.72 bits per heavy atom. The van der Waals surface area contributed by atoms with Crippen LogP contribution in [-0.2, 0) is 6.61 Å². The molecule has 1 aliphatic rings. The number of anilines is 1. The molecule has 1 N–H and O–H groups in total. The van der Waals surface area contributed by atoms with Crippen LogP contribution in [-0.4, -0.2) is 18.2 Å². The van der Waals surface area contributed by atoms with Crippen LogP contribution in [0.3, 0.4) is 0 Å². The van der Waals surface area contributed by atoms with Gasteiger partial charge in [0.2, 0.25) is 0 Å². The van der Waals surface area contributed by atoms with E-state index >= 15 is 0 Å². The second kappa shape index (κ2) is 5.27. The summed E-state index contributed by atoms with van der Waals surface area (Å²) in [6.45, 7) is 6.27. The fraction of sp³-hybridized carbons (Fsp3) is 0.600. The Hall–Kier alpha value is -1.09. The molecule has 0 unspecified atom stereocenters. The number of halogens is 1. The summed E-state index contributed by atoms with van der Waals surface area (Å²) in [4.78, 5) is 2.13. The lowest BCUT2D eigenvalue weighted by Crippen LogP contribution is -2.26. The average molecular weight is 251 g/mol. The molecule has 18 heavy (non-hydrogen) atoms. The van der Waals surface area contributed by atoms with Crippen molar-refractivity contribution in [3.8, 4) is 0 Å². The first-order chi connectivity index (χ1) is 8.52. The lowest BCUT2D eigenvalue weighted by atomic mass is 9.85. The number of aliphatic hydroxyl groups excluding tert-OH is 1. The van der Waals surface area contributed by atoms with Crippen LogP contribution >= 0.6 is 0 Å². The average Bonchev–Trinajstić information content (AvgIpc) is 2.50. The minimum absolute atomic E-state index is 0.107. The van der Waals surface area contributed by atoms with E-state index in [9.17, 15) is 4.39 Å². The van der Waals surface area contributed by atoms with Gasteiger partial charge in [-0.1, -0.05) is 19.9 Å². The fourth-order valence-electron chi connectivity index (χ4n) is 2.57. The summed E-state index contributed by atoms with van der Waals surface area (Å²) in [6.07, 6.45) is 3.39. The molecule has 0 radical (unpaired) electrons. The maximum absolute atomic E-state index is 14.0. The van der Waals surface area contributed by atoms with Crippen molar-refractivity contribution < 1.29 is 9.50 Å². The zero-order chi connectivity index (χ0) is 13.2. The van der Waals surface area contributed by atoms with Gasteiger partial charge in [0, 0.05) is 13.1 Å². The first-order valence-electron chi connectivity index (χ1n) is 6.66. The summed E-state index contributed by atoms with van der Waals surface area (Å²) in [5, 5.41) is 9.00. The minimum Gasteiger partial charge on any atom is -0.392 e. The van der Waals surface area contributed by atoms with E-state index in [-0.39, 0.29) is 12.4 Å². The van der Waals surface area contributed by atoms with Crippen LogP contribution in [0.5, 0.6) is 0 Å². The zero-order valence-electron chi connectivity index (χ0n) is 11.2. The summed E-state index contributed by atoms with van der Waals surface area (Å²) in [6, 6.07) is 5.03. The quantitative estimate of drug-likeness (QED) is 0.871. The van der Waals surface area contributed by atoms with E-state index in [0.717, 1.165) is 25.9 Å². The molecule has 1 aromatic carbocycles. The van der Waals surface area contributed by atoms with E-state index < -0.39 is 0 Å². The van der Waals surface area contributed by atoms with Crippen LogP contribution in [0.4, 0.5) is 10.1 Å². The normalized spacial score (nSPS) is 19.7. The number of hydrogen-bond acceptors (Lipinski definition) is 2. The molecule has 0 spiro atoms. The van der Waals surface area contributed by atoms with Gasteiger partial charge in [0.05, 0.1) is 12.3 Å². The van der Waals surface area contributed by atoms with E-state index in [1.54, 1.807) is 12.1 Å². The van der Waals surface area contributed by atoms with Crippen molar-refractivity contribution in [3.05, 3.63) is 29.6 Å². The van der Waals surface area contributed by atoms with Gasteiger partial charge in [0.15, 0.2) is 0 Å². The van der Waals surface area contributed by atoms with E-state index in [0.29, 0.717) is 16.7 Å². The third-order valence-corrected chi connectivity index (χ3v) is 3.88. The highest BCUT2D eigenvalue weighted by atomic mass is 19.1. The second-order valence-corrected chi connectivity index (χ2v) is 5.95. The Morgan fingerprint density at radius 2 is 2.06 bits per heavy atom. The van der Waals surface area contributed by atoms with Crippen molar-refractivity contribution in [3.63, 3.8) is 0 Å². The number of rotatable bonds is 2. The zero-order valence-corrected chi connectivity index (χ0v) is 11.2. The van der Waals surface area contributed by atoms with Crippen molar-refractivity contribution in [1.29, 1.82) is 0 Å². The monoisotopic (exact) mass is 251 g/mol. The van der Waals surface area contributed by atoms with Gasteiger partial charge in [-0.15, -0.1) is 0 Å². The first kappa shape index (κ1) is 13.3.